The summed E-state index contributed by atoms with van der Waals surface area (Å²) < 4.78 is 1.65. The number of amides is 1. The molecule has 1 unspecified atom stereocenters. The van der Waals surface area contributed by atoms with Gasteiger partial charge in [0.1, 0.15) is 10.9 Å². The molecule has 114 valence electrons. The minimum absolute atomic E-state index is 0.192. The van der Waals surface area contributed by atoms with Crippen LogP contribution in [-0.4, -0.2) is 22.0 Å². The Hall–Kier alpha value is -1.47. The van der Waals surface area contributed by atoms with Gasteiger partial charge in [0.25, 0.3) is 5.56 Å². The fourth-order valence-corrected chi connectivity index (χ4v) is 3.67. The van der Waals surface area contributed by atoms with Crippen molar-refractivity contribution in [2.24, 2.45) is 0 Å². The minimum atomic E-state index is -0.628. The molecule has 21 heavy (non-hydrogen) atoms. The van der Waals surface area contributed by atoms with E-state index in [1.165, 1.54) is 15.9 Å². The predicted octanol–water partition coefficient (Wildman–Crippen LogP) is 2.82. The van der Waals surface area contributed by atoms with E-state index in [1.54, 1.807) is 6.92 Å². The van der Waals surface area contributed by atoms with Crippen LogP contribution in [0.1, 0.15) is 36.8 Å². The number of nitrogens with one attached hydrogen (secondary N) is 2. The van der Waals surface area contributed by atoms with Crippen molar-refractivity contribution in [2.75, 3.05) is 6.54 Å². The predicted molar refractivity (Wildman–Crippen MR) is 88.8 cm³/mol. The van der Waals surface area contributed by atoms with Crippen LogP contribution in [0.25, 0.3) is 10.2 Å². The fraction of sp³-hybridized carbons (Fsp3) is 0.500. The van der Waals surface area contributed by atoms with Gasteiger partial charge in [-0.05, 0) is 45.0 Å². The van der Waals surface area contributed by atoms with E-state index in [-0.39, 0.29) is 16.2 Å². The lowest BCUT2D eigenvalue weighted by Gasteiger charge is -2.15. The molecule has 0 saturated heterocycles. The monoisotopic (exact) mass is 325 g/mol. The molecule has 0 spiro atoms. The van der Waals surface area contributed by atoms with Crippen LogP contribution in [0.5, 0.6) is 0 Å². The number of thiophene rings is 1. The summed E-state index contributed by atoms with van der Waals surface area (Å²) in [5.74, 6) is -0.192. The second-order valence-electron chi connectivity index (χ2n) is 5.06. The van der Waals surface area contributed by atoms with Crippen molar-refractivity contribution < 1.29 is 4.79 Å². The van der Waals surface area contributed by atoms with Gasteiger partial charge in [-0.2, -0.15) is 0 Å². The first-order valence-corrected chi connectivity index (χ1v) is 8.13. The Morgan fingerprint density at radius 3 is 2.76 bits per heavy atom. The van der Waals surface area contributed by atoms with Gasteiger partial charge in [-0.25, -0.2) is 0 Å². The highest BCUT2D eigenvalue weighted by Gasteiger charge is 2.20. The number of hydrogen-bond acceptors (Lipinski definition) is 4. The molecule has 0 aliphatic rings. The molecule has 0 aromatic carbocycles. The molecule has 5 nitrogen and oxygen atoms in total. The molecule has 0 radical (unpaired) electrons. The second kappa shape index (κ2) is 6.11. The van der Waals surface area contributed by atoms with Gasteiger partial charge in [0.05, 0.1) is 5.39 Å². The Morgan fingerprint density at radius 1 is 1.48 bits per heavy atom. The second-order valence-corrected chi connectivity index (χ2v) is 6.67. The molecule has 7 heteroatoms. The highest BCUT2D eigenvalue weighted by atomic mass is 32.1. The standard InChI is InChI=1S/C14H19N3O2S2/c1-5-6-15-11(18)8(3)17-13(19)10-7(2)9(4)21-12(10)16-14(17)20/h8H,5-6H2,1-4H3,(H,15,18)(H,16,20). The topological polar surface area (TPSA) is 66.9 Å². The van der Waals surface area contributed by atoms with E-state index in [9.17, 15) is 9.59 Å². The molecule has 2 rings (SSSR count). The van der Waals surface area contributed by atoms with E-state index in [4.69, 9.17) is 12.2 Å². The number of carbonyl (C=O) groups excluding carboxylic acids is 1. The maximum atomic E-state index is 12.7. The van der Waals surface area contributed by atoms with E-state index in [2.05, 4.69) is 10.3 Å². The number of aromatic nitrogens is 2. The van der Waals surface area contributed by atoms with Crippen molar-refractivity contribution in [1.29, 1.82) is 0 Å². The zero-order chi connectivity index (χ0) is 15.7. The zero-order valence-electron chi connectivity index (χ0n) is 12.6. The Labute approximate surface area is 132 Å². The summed E-state index contributed by atoms with van der Waals surface area (Å²) in [4.78, 5) is 29.7. The van der Waals surface area contributed by atoms with E-state index in [1.807, 2.05) is 20.8 Å². The van der Waals surface area contributed by atoms with Gasteiger partial charge in [-0.3, -0.25) is 14.2 Å². The molecule has 2 aromatic rings. The molecule has 0 aliphatic heterocycles. The van der Waals surface area contributed by atoms with Crippen molar-refractivity contribution in [3.63, 3.8) is 0 Å². The lowest BCUT2D eigenvalue weighted by Crippen LogP contribution is -2.36. The average Bonchev–Trinajstić information content (AvgIpc) is 2.70. The molecule has 1 amide bonds. The number of aryl methyl sites for hydroxylation is 2. The van der Waals surface area contributed by atoms with Crippen molar-refractivity contribution in [1.82, 2.24) is 14.9 Å². The van der Waals surface area contributed by atoms with E-state index in [0.717, 1.165) is 21.7 Å². The van der Waals surface area contributed by atoms with Gasteiger partial charge in [0.2, 0.25) is 5.91 Å². The summed E-state index contributed by atoms with van der Waals surface area (Å²) in [7, 11) is 0. The summed E-state index contributed by atoms with van der Waals surface area (Å²) in [5, 5.41) is 3.42. The number of carbonyl (C=O) groups is 1. The third-order valence-electron chi connectivity index (χ3n) is 3.57. The van der Waals surface area contributed by atoms with Crippen LogP contribution in [0.2, 0.25) is 0 Å². The lowest BCUT2D eigenvalue weighted by molar-refractivity contribution is -0.123. The molecule has 0 fully saturated rings. The van der Waals surface area contributed by atoms with Crippen molar-refractivity contribution >= 4 is 39.7 Å². The van der Waals surface area contributed by atoms with Gasteiger partial charge in [0, 0.05) is 11.4 Å². The van der Waals surface area contributed by atoms with E-state index < -0.39 is 6.04 Å². The zero-order valence-corrected chi connectivity index (χ0v) is 14.2. The first-order chi connectivity index (χ1) is 9.88. The Bertz CT molecular complexity index is 801. The van der Waals surface area contributed by atoms with Gasteiger partial charge in [-0.1, -0.05) is 6.92 Å². The van der Waals surface area contributed by atoms with E-state index in [0.29, 0.717) is 11.9 Å². The maximum Gasteiger partial charge on any atom is 0.264 e. The molecule has 2 N–H and O–H groups in total. The third-order valence-corrected chi connectivity index (χ3v) is 4.99. The lowest BCUT2D eigenvalue weighted by atomic mass is 10.2. The number of H-pyrrole nitrogens is 1. The molecular formula is C14H19N3O2S2. The first kappa shape index (κ1) is 15.9. The third kappa shape index (κ3) is 2.80. The minimum Gasteiger partial charge on any atom is -0.354 e. The number of aromatic amines is 1. The number of hydrogen-bond donors (Lipinski definition) is 2. The summed E-state index contributed by atoms with van der Waals surface area (Å²) in [6.45, 7) is 8.15. The van der Waals surface area contributed by atoms with Gasteiger partial charge in [0.15, 0.2) is 4.77 Å². The molecule has 0 bridgehead atoms. The maximum absolute atomic E-state index is 12.7. The van der Waals surface area contributed by atoms with Crippen molar-refractivity contribution in [3.8, 4) is 0 Å². The number of fused-ring (bicyclic) bond motifs is 1. The largest absolute Gasteiger partial charge is 0.354 e. The number of nitrogens with zero attached hydrogens (tertiary/aromatic N) is 1. The average molecular weight is 325 g/mol. The van der Waals surface area contributed by atoms with Crippen LogP contribution in [0.4, 0.5) is 0 Å². The summed E-state index contributed by atoms with van der Waals surface area (Å²) in [6, 6.07) is -0.628. The van der Waals surface area contributed by atoms with Crippen LogP contribution >= 0.6 is 23.6 Å². The molecule has 1 atom stereocenters. The molecule has 0 aliphatic carbocycles. The van der Waals surface area contributed by atoms with Crippen LogP contribution < -0.4 is 10.9 Å². The summed E-state index contributed by atoms with van der Waals surface area (Å²) in [6.07, 6.45) is 0.849. The Balaban J connectivity index is 2.59. The summed E-state index contributed by atoms with van der Waals surface area (Å²) >= 11 is 6.78. The van der Waals surface area contributed by atoms with Crippen LogP contribution in [-0.2, 0) is 4.79 Å². The molecule has 2 aromatic heterocycles. The van der Waals surface area contributed by atoms with E-state index >= 15 is 0 Å². The fourth-order valence-electron chi connectivity index (χ4n) is 2.21. The smallest absolute Gasteiger partial charge is 0.264 e. The normalized spacial score (nSPS) is 12.6. The van der Waals surface area contributed by atoms with Crippen LogP contribution in [0.3, 0.4) is 0 Å². The highest BCUT2D eigenvalue weighted by molar-refractivity contribution is 7.71. The first-order valence-electron chi connectivity index (χ1n) is 6.90. The SMILES string of the molecule is CCCNC(=O)C(C)n1c(=S)[nH]c2sc(C)c(C)c2c1=O. The van der Waals surface area contributed by atoms with Gasteiger partial charge < -0.3 is 10.3 Å². The van der Waals surface area contributed by atoms with Crippen molar-refractivity contribution in [2.45, 2.75) is 40.2 Å². The van der Waals surface area contributed by atoms with Gasteiger partial charge in [-0.15, -0.1) is 11.3 Å². The molecule has 0 saturated carbocycles. The van der Waals surface area contributed by atoms with Gasteiger partial charge >= 0.3 is 0 Å². The molecule has 2 heterocycles. The quantitative estimate of drug-likeness (QED) is 0.850. The molecular weight excluding hydrogens is 306 g/mol. The van der Waals surface area contributed by atoms with Crippen LogP contribution in [0, 0.1) is 18.6 Å². The Morgan fingerprint density at radius 2 is 2.14 bits per heavy atom. The Kier molecular flexibility index (Phi) is 4.63. The van der Waals surface area contributed by atoms with Crippen LogP contribution in [0.15, 0.2) is 4.79 Å². The van der Waals surface area contributed by atoms with Crippen molar-refractivity contribution in [3.05, 3.63) is 25.6 Å². The number of rotatable bonds is 4. The summed E-state index contributed by atoms with van der Waals surface area (Å²) in [5.41, 5.74) is 0.746. The highest BCUT2D eigenvalue weighted by Crippen LogP contribution is 2.26.